The van der Waals surface area contributed by atoms with Gasteiger partial charge in [-0.05, 0) is 48.5 Å². The van der Waals surface area contributed by atoms with Gasteiger partial charge in [-0.2, -0.15) is 0 Å². The summed E-state index contributed by atoms with van der Waals surface area (Å²) in [6, 6.07) is 15.7. The van der Waals surface area contributed by atoms with E-state index in [9.17, 15) is 0 Å². The quantitative estimate of drug-likeness (QED) is 0.333. The first kappa shape index (κ1) is 18.2. The maximum atomic E-state index is 5.74. The summed E-state index contributed by atoms with van der Waals surface area (Å²) in [5, 5.41) is 11.8. The molecule has 0 radical (unpaired) electrons. The largest absolute Gasteiger partial charge is 0.497 e. The highest BCUT2D eigenvalue weighted by atomic mass is 79.9. The molecule has 4 aromatic rings. The van der Waals surface area contributed by atoms with Crippen molar-refractivity contribution in [2.45, 2.75) is 11.0 Å². The van der Waals surface area contributed by atoms with Gasteiger partial charge in [0.15, 0.2) is 0 Å². The predicted octanol–water partition coefficient (Wildman–Crippen LogP) is 5.92. The first-order valence-corrected chi connectivity index (χ1v) is 10.7. The summed E-state index contributed by atoms with van der Waals surface area (Å²) in [4.78, 5) is 4.69. The number of aromatic nitrogens is 3. The SMILES string of the molecule is COc1ccc(-c2nc(CSc3nnc(-c4ccc(Br)cc4)o3)cs2)cc1. The van der Waals surface area contributed by atoms with Crippen molar-refractivity contribution in [3.63, 3.8) is 0 Å². The fourth-order valence-corrected chi connectivity index (χ4v) is 4.20. The van der Waals surface area contributed by atoms with Gasteiger partial charge >= 0.3 is 0 Å². The van der Waals surface area contributed by atoms with Gasteiger partial charge in [0.2, 0.25) is 5.89 Å². The highest BCUT2D eigenvalue weighted by Crippen LogP contribution is 2.30. The van der Waals surface area contributed by atoms with Crippen molar-refractivity contribution < 1.29 is 9.15 Å². The molecule has 0 saturated heterocycles. The fourth-order valence-electron chi connectivity index (χ4n) is 2.35. The number of thioether (sulfide) groups is 1. The lowest BCUT2D eigenvalue weighted by Crippen LogP contribution is -1.84. The van der Waals surface area contributed by atoms with Crippen molar-refractivity contribution in [2.75, 3.05) is 7.11 Å². The van der Waals surface area contributed by atoms with Gasteiger partial charge in [0.1, 0.15) is 10.8 Å². The molecule has 0 bridgehead atoms. The smallest absolute Gasteiger partial charge is 0.277 e. The Morgan fingerprint density at radius 1 is 1.04 bits per heavy atom. The lowest BCUT2D eigenvalue weighted by atomic mass is 10.2. The van der Waals surface area contributed by atoms with E-state index in [2.05, 4.69) is 36.5 Å². The van der Waals surface area contributed by atoms with Crippen LogP contribution in [-0.4, -0.2) is 22.3 Å². The number of halogens is 1. The Kier molecular flexibility index (Phi) is 5.56. The zero-order valence-corrected chi connectivity index (χ0v) is 17.5. The van der Waals surface area contributed by atoms with Crippen molar-refractivity contribution in [1.82, 2.24) is 15.2 Å². The van der Waals surface area contributed by atoms with Gasteiger partial charge < -0.3 is 9.15 Å². The summed E-state index contributed by atoms with van der Waals surface area (Å²) >= 11 is 6.52. The summed E-state index contributed by atoms with van der Waals surface area (Å²) in [5.41, 5.74) is 2.96. The molecule has 0 N–H and O–H groups in total. The molecule has 0 amide bonds. The maximum Gasteiger partial charge on any atom is 0.277 e. The minimum atomic E-state index is 0.516. The molecule has 0 spiro atoms. The fraction of sp³-hybridized carbons (Fsp3) is 0.105. The number of benzene rings is 2. The molecule has 5 nitrogen and oxygen atoms in total. The minimum Gasteiger partial charge on any atom is -0.497 e. The number of ether oxygens (including phenoxy) is 1. The van der Waals surface area contributed by atoms with E-state index in [1.807, 2.05) is 48.5 Å². The minimum absolute atomic E-state index is 0.516. The zero-order chi connectivity index (χ0) is 18.6. The molecule has 0 aliphatic carbocycles. The Labute approximate surface area is 172 Å². The Balaban J connectivity index is 1.40. The summed E-state index contributed by atoms with van der Waals surface area (Å²) in [5.74, 6) is 2.03. The van der Waals surface area contributed by atoms with E-state index in [0.717, 1.165) is 32.1 Å². The van der Waals surface area contributed by atoms with E-state index in [1.54, 1.807) is 18.4 Å². The van der Waals surface area contributed by atoms with E-state index in [1.165, 1.54) is 11.8 Å². The van der Waals surface area contributed by atoms with Crippen LogP contribution in [0.1, 0.15) is 5.69 Å². The third-order valence-corrected chi connectivity index (χ3v) is 6.05. The molecule has 0 unspecified atom stereocenters. The average Bonchev–Trinajstić information content (AvgIpc) is 3.37. The van der Waals surface area contributed by atoms with Crippen molar-refractivity contribution in [3.05, 3.63) is 64.1 Å². The van der Waals surface area contributed by atoms with Gasteiger partial charge in [0.25, 0.3) is 5.22 Å². The first-order valence-electron chi connectivity index (χ1n) is 8.02. The number of thiazole rings is 1. The van der Waals surface area contributed by atoms with Gasteiger partial charge in [-0.1, -0.05) is 27.7 Å². The average molecular weight is 460 g/mol. The van der Waals surface area contributed by atoms with E-state index < -0.39 is 0 Å². The Bertz CT molecular complexity index is 1030. The molecule has 136 valence electrons. The molecular weight excluding hydrogens is 446 g/mol. The Morgan fingerprint density at radius 2 is 1.78 bits per heavy atom. The monoisotopic (exact) mass is 459 g/mol. The molecule has 27 heavy (non-hydrogen) atoms. The lowest BCUT2D eigenvalue weighted by molar-refractivity contribution is 0.415. The molecule has 0 aliphatic heterocycles. The molecule has 0 atom stereocenters. The molecule has 2 aromatic heterocycles. The van der Waals surface area contributed by atoms with Crippen LogP contribution in [0.25, 0.3) is 22.0 Å². The van der Waals surface area contributed by atoms with Crippen molar-refractivity contribution in [2.24, 2.45) is 0 Å². The molecule has 2 aromatic carbocycles. The number of hydrogen-bond acceptors (Lipinski definition) is 7. The molecule has 0 aliphatic rings. The van der Waals surface area contributed by atoms with E-state index in [0.29, 0.717) is 16.9 Å². The number of methoxy groups -OCH3 is 1. The molecule has 0 saturated carbocycles. The second-order valence-corrected chi connectivity index (χ2v) is 8.24. The second-order valence-electron chi connectivity index (χ2n) is 5.54. The van der Waals surface area contributed by atoms with Crippen LogP contribution in [0.3, 0.4) is 0 Å². The van der Waals surface area contributed by atoms with Gasteiger partial charge in [-0.3, -0.25) is 0 Å². The lowest BCUT2D eigenvalue weighted by Gasteiger charge is -2.00. The van der Waals surface area contributed by atoms with Crippen molar-refractivity contribution >= 4 is 39.0 Å². The summed E-state index contributed by atoms with van der Waals surface area (Å²) in [7, 11) is 1.66. The van der Waals surface area contributed by atoms with Crippen LogP contribution in [0, 0.1) is 0 Å². The molecule has 4 rings (SSSR count). The number of rotatable bonds is 6. The van der Waals surface area contributed by atoms with Gasteiger partial charge in [0, 0.05) is 26.7 Å². The Hall–Kier alpha value is -2.16. The van der Waals surface area contributed by atoms with E-state index in [-0.39, 0.29) is 0 Å². The van der Waals surface area contributed by atoms with Crippen LogP contribution in [-0.2, 0) is 5.75 Å². The number of hydrogen-bond donors (Lipinski definition) is 0. The van der Waals surface area contributed by atoms with E-state index in [4.69, 9.17) is 9.15 Å². The summed E-state index contributed by atoms with van der Waals surface area (Å²) in [6.07, 6.45) is 0. The van der Waals surface area contributed by atoms with E-state index >= 15 is 0 Å². The van der Waals surface area contributed by atoms with Crippen LogP contribution in [0.4, 0.5) is 0 Å². The van der Waals surface area contributed by atoms with Crippen molar-refractivity contribution in [1.29, 1.82) is 0 Å². The highest BCUT2D eigenvalue weighted by Gasteiger charge is 2.11. The molecule has 2 heterocycles. The summed E-state index contributed by atoms with van der Waals surface area (Å²) < 4.78 is 11.9. The molecule has 0 fully saturated rings. The van der Waals surface area contributed by atoms with Crippen LogP contribution >= 0.6 is 39.0 Å². The van der Waals surface area contributed by atoms with Gasteiger partial charge in [0.05, 0.1) is 12.8 Å². The third-order valence-electron chi connectivity index (χ3n) is 3.73. The van der Waals surface area contributed by atoms with Crippen molar-refractivity contribution in [3.8, 4) is 27.8 Å². The van der Waals surface area contributed by atoms with Gasteiger partial charge in [-0.15, -0.1) is 21.5 Å². The standard InChI is InChI=1S/C19H14BrN3O2S2/c1-24-16-8-4-13(5-9-16)18-21-15(10-26-18)11-27-19-23-22-17(25-19)12-2-6-14(20)7-3-12/h2-10H,11H2,1H3. The summed E-state index contributed by atoms with van der Waals surface area (Å²) in [6.45, 7) is 0. The maximum absolute atomic E-state index is 5.74. The number of nitrogens with zero attached hydrogens (tertiary/aromatic N) is 3. The Morgan fingerprint density at radius 3 is 2.52 bits per heavy atom. The second kappa shape index (κ2) is 8.24. The zero-order valence-electron chi connectivity index (χ0n) is 14.3. The van der Waals surface area contributed by atoms with Crippen LogP contribution in [0.2, 0.25) is 0 Å². The predicted molar refractivity (Wildman–Crippen MR) is 111 cm³/mol. The van der Waals surface area contributed by atoms with Crippen LogP contribution < -0.4 is 4.74 Å². The van der Waals surface area contributed by atoms with Gasteiger partial charge in [-0.25, -0.2) is 4.98 Å². The van der Waals surface area contributed by atoms with Crippen LogP contribution in [0.15, 0.2) is 68.0 Å². The highest BCUT2D eigenvalue weighted by molar-refractivity contribution is 9.10. The topological polar surface area (TPSA) is 61.0 Å². The van der Waals surface area contributed by atoms with Crippen LogP contribution in [0.5, 0.6) is 5.75 Å². The third kappa shape index (κ3) is 4.40. The molecule has 8 heteroatoms. The first-order chi connectivity index (χ1) is 13.2. The normalized spacial score (nSPS) is 10.9. The molecular formula is C19H14BrN3O2S2.